The average Bonchev–Trinajstić information content (AvgIpc) is 2.90. The van der Waals surface area contributed by atoms with Gasteiger partial charge in [-0.25, -0.2) is 9.07 Å². The summed E-state index contributed by atoms with van der Waals surface area (Å²) in [5.41, 5.74) is 0.668. The van der Waals surface area contributed by atoms with Gasteiger partial charge in [-0.2, -0.15) is 0 Å². The Kier molecular flexibility index (Phi) is 5.57. The number of ether oxygens (including phenoxy) is 1. The quantitative estimate of drug-likeness (QED) is 0.724. The van der Waals surface area contributed by atoms with Crippen LogP contribution in [0.2, 0.25) is 0 Å². The molecule has 0 fully saturated rings. The van der Waals surface area contributed by atoms with E-state index in [-0.39, 0.29) is 5.82 Å². The summed E-state index contributed by atoms with van der Waals surface area (Å²) in [6, 6.07) is 6.74. The first-order chi connectivity index (χ1) is 9.81. The molecule has 1 heterocycles. The maximum Gasteiger partial charge on any atom is 0.165 e. The van der Waals surface area contributed by atoms with Crippen molar-refractivity contribution in [2.75, 3.05) is 20.3 Å². The highest BCUT2D eigenvalue weighted by Gasteiger charge is 2.07. The molecule has 0 spiro atoms. The summed E-state index contributed by atoms with van der Waals surface area (Å²) >= 11 is 0. The highest BCUT2D eigenvalue weighted by molar-refractivity contribution is 5.17. The zero-order valence-electron chi connectivity index (χ0n) is 11.4. The first-order valence-corrected chi connectivity index (χ1v) is 6.49. The number of hydrogen-bond donors (Lipinski definition) is 1. The van der Waals surface area contributed by atoms with Gasteiger partial charge in [-0.05, 0) is 28.5 Å². The molecule has 7 heteroatoms. The third kappa shape index (κ3) is 4.07. The second-order valence-corrected chi connectivity index (χ2v) is 4.33. The second-order valence-electron chi connectivity index (χ2n) is 4.33. The van der Waals surface area contributed by atoms with Crippen molar-refractivity contribution in [2.24, 2.45) is 0 Å². The Morgan fingerprint density at radius 1 is 1.35 bits per heavy atom. The molecule has 0 radical (unpaired) electrons. The minimum Gasteiger partial charge on any atom is -0.383 e. The molecule has 1 aromatic carbocycles. The number of aromatic nitrogens is 4. The van der Waals surface area contributed by atoms with Crippen molar-refractivity contribution < 1.29 is 9.13 Å². The van der Waals surface area contributed by atoms with Crippen molar-refractivity contribution in [1.29, 1.82) is 0 Å². The lowest BCUT2D eigenvalue weighted by Crippen LogP contribution is -2.21. The molecule has 2 rings (SSSR count). The van der Waals surface area contributed by atoms with Crippen LogP contribution in [-0.2, 0) is 24.2 Å². The molecule has 1 N–H and O–H groups in total. The van der Waals surface area contributed by atoms with Crippen LogP contribution in [0.5, 0.6) is 0 Å². The summed E-state index contributed by atoms with van der Waals surface area (Å²) in [4.78, 5) is 0. The van der Waals surface area contributed by atoms with Gasteiger partial charge in [-0.1, -0.05) is 18.2 Å². The summed E-state index contributed by atoms with van der Waals surface area (Å²) in [6.07, 6.45) is 0.558. The van der Waals surface area contributed by atoms with E-state index in [1.807, 2.05) is 6.07 Å². The third-order valence-corrected chi connectivity index (χ3v) is 2.92. The van der Waals surface area contributed by atoms with Crippen LogP contribution >= 0.6 is 0 Å². The molecule has 0 bridgehead atoms. The number of tetrazole rings is 1. The average molecular weight is 279 g/mol. The molecule has 2 aromatic rings. The van der Waals surface area contributed by atoms with Crippen LogP contribution in [0.15, 0.2) is 24.3 Å². The van der Waals surface area contributed by atoms with Crippen LogP contribution in [0.25, 0.3) is 0 Å². The van der Waals surface area contributed by atoms with Crippen molar-refractivity contribution >= 4 is 0 Å². The van der Waals surface area contributed by atoms with E-state index in [0.717, 1.165) is 12.4 Å². The number of nitrogens with one attached hydrogen (secondary N) is 1. The maximum atomic E-state index is 13.5. The Morgan fingerprint density at radius 3 is 3.00 bits per heavy atom. The number of aryl methyl sites for hydroxylation is 2. The molecule has 20 heavy (non-hydrogen) atoms. The van der Waals surface area contributed by atoms with Crippen molar-refractivity contribution in [3.8, 4) is 0 Å². The van der Waals surface area contributed by atoms with Gasteiger partial charge in [-0.15, -0.1) is 5.10 Å². The number of rotatable bonds is 8. The highest BCUT2D eigenvalue weighted by atomic mass is 19.1. The van der Waals surface area contributed by atoms with Crippen molar-refractivity contribution in [3.63, 3.8) is 0 Å². The number of benzene rings is 1. The molecule has 108 valence electrons. The van der Waals surface area contributed by atoms with Gasteiger partial charge in [0, 0.05) is 20.2 Å². The van der Waals surface area contributed by atoms with Crippen LogP contribution in [0.1, 0.15) is 11.4 Å². The van der Waals surface area contributed by atoms with E-state index in [2.05, 4.69) is 20.8 Å². The minimum absolute atomic E-state index is 0.194. The van der Waals surface area contributed by atoms with E-state index in [1.165, 1.54) is 6.07 Å². The lowest BCUT2D eigenvalue weighted by atomic mass is 10.1. The SMILES string of the molecule is COCCNCc1nnnn1CCc1ccccc1F. The van der Waals surface area contributed by atoms with Crippen molar-refractivity contribution in [3.05, 3.63) is 41.5 Å². The minimum atomic E-state index is -0.194. The number of hydrogen-bond acceptors (Lipinski definition) is 5. The van der Waals surface area contributed by atoms with E-state index in [0.29, 0.717) is 31.7 Å². The van der Waals surface area contributed by atoms with E-state index >= 15 is 0 Å². The number of methoxy groups -OCH3 is 1. The van der Waals surface area contributed by atoms with Gasteiger partial charge in [0.15, 0.2) is 5.82 Å². The number of halogens is 1. The Balaban J connectivity index is 1.87. The molecule has 0 saturated heterocycles. The van der Waals surface area contributed by atoms with Gasteiger partial charge in [0.1, 0.15) is 5.82 Å². The number of nitrogens with zero attached hydrogens (tertiary/aromatic N) is 4. The Labute approximate surface area is 116 Å². The predicted octanol–water partition coefficient (Wildman–Crippen LogP) is 0.791. The molecule has 1 aromatic heterocycles. The Hall–Kier alpha value is -1.86. The summed E-state index contributed by atoms with van der Waals surface area (Å²) < 4.78 is 20.2. The van der Waals surface area contributed by atoms with Crippen LogP contribution < -0.4 is 5.32 Å². The molecule has 0 unspecified atom stereocenters. The topological polar surface area (TPSA) is 64.9 Å². The largest absolute Gasteiger partial charge is 0.383 e. The summed E-state index contributed by atoms with van der Waals surface area (Å²) in [5, 5.41) is 14.7. The van der Waals surface area contributed by atoms with Crippen molar-refractivity contribution in [2.45, 2.75) is 19.5 Å². The fraction of sp³-hybridized carbons (Fsp3) is 0.462. The van der Waals surface area contributed by atoms with E-state index in [4.69, 9.17) is 4.74 Å². The lowest BCUT2D eigenvalue weighted by Gasteiger charge is -2.06. The molecule has 0 aliphatic heterocycles. The van der Waals surface area contributed by atoms with Crippen LogP contribution in [-0.4, -0.2) is 40.5 Å². The van der Waals surface area contributed by atoms with E-state index < -0.39 is 0 Å². The van der Waals surface area contributed by atoms with Crippen molar-refractivity contribution in [1.82, 2.24) is 25.5 Å². The third-order valence-electron chi connectivity index (χ3n) is 2.92. The Morgan fingerprint density at radius 2 is 2.20 bits per heavy atom. The van der Waals surface area contributed by atoms with Gasteiger partial charge >= 0.3 is 0 Å². The van der Waals surface area contributed by atoms with Gasteiger partial charge < -0.3 is 10.1 Å². The lowest BCUT2D eigenvalue weighted by molar-refractivity contribution is 0.198. The van der Waals surface area contributed by atoms with Crippen LogP contribution in [0, 0.1) is 5.82 Å². The first kappa shape index (κ1) is 14.5. The normalized spacial score (nSPS) is 10.9. The molecule has 6 nitrogen and oxygen atoms in total. The molecule has 0 saturated carbocycles. The molecular formula is C13H18FN5O. The molecular weight excluding hydrogens is 261 g/mol. The van der Waals surface area contributed by atoms with E-state index in [9.17, 15) is 4.39 Å². The maximum absolute atomic E-state index is 13.5. The summed E-state index contributed by atoms with van der Waals surface area (Å²) in [6.45, 7) is 2.48. The fourth-order valence-corrected chi connectivity index (χ4v) is 1.83. The van der Waals surface area contributed by atoms with Crippen LogP contribution in [0.4, 0.5) is 4.39 Å². The molecule has 0 amide bonds. The standard InChI is InChI=1S/C13H18FN5O/c1-20-9-7-15-10-13-16-17-18-19(13)8-6-11-4-2-3-5-12(11)14/h2-5,15H,6-10H2,1H3. The molecule has 0 aliphatic carbocycles. The highest BCUT2D eigenvalue weighted by Crippen LogP contribution is 2.08. The predicted molar refractivity (Wildman–Crippen MR) is 71.5 cm³/mol. The smallest absolute Gasteiger partial charge is 0.165 e. The molecule has 0 atom stereocenters. The Bertz CT molecular complexity index is 531. The van der Waals surface area contributed by atoms with Crippen LogP contribution in [0.3, 0.4) is 0 Å². The zero-order valence-corrected chi connectivity index (χ0v) is 11.4. The molecule has 0 aliphatic rings. The zero-order chi connectivity index (χ0) is 14.2. The van der Waals surface area contributed by atoms with Gasteiger partial charge in [0.25, 0.3) is 0 Å². The summed E-state index contributed by atoms with van der Waals surface area (Å²) in [5.74, 6) is 0.540. The van der Waals surface area contributed by atoms with Gasteiger partial charge in [0.05, 0.1) is 13.2 Å². The second kappa shape index (κ2) is 7.66. The monoisotopic (exact) mass is 279 g/mol. The van der Waals surface area contributed by atoms with Gasteiger partial charge in [0.2, 0.25) is 0 Å². The fourth-order valence-electron chi connectivity index (χ4n) is 1.83. The summed E-state index contributed by atoms with van der Waals surface area (Å²) in [7, 11) is 1.65. The van der Waals surface area contributed by atoms with Gasteiger partial charge in [-0.3, -0.25) is 0 Å². The van der Waals surface area contributed by atoms with E-state index in [1.54, 1.807) is 23.9 Å². The first-order valence-electron chi connectivity index (χ1n) is 6.49.